The van der Waals surface area contributed by atoms with E-state index >= 15 is 0 Å². The monoisotopic (exact) mass is 305 g/mol. The zero-order valence-corrected chi connectivity index (χ0v) is 13.1. The van der Waals surface area contributed by atoms with Crippen molar-refractivity contribution in [1.29, 1.82) is 0 Å². The van der Waals surface area contributed by atoms with Gasteiger partial charge in [-0.3, -0.25) is 0 Å². The molecule has 0 fully saturated rings. The SMILES string of the molecule is CN.OB(O)c1cc(-c2ccccc2)cc(-c2ccccc2)c1. The highest BCUT2D eigenvalue weighted by molar-refractivity contribution is 6.58. The fraction of sp³-hybridized carbons (Fsp3) is 0.0526. The highest BCUT2D eigenvalue weighted by Crippen LogP contribution is 2.25. The third kappa shape index (κ3) is 4.30. The van der Waals surface area contributed by atoms with Crippen LogP contribution in [0.15, 0.2) is 78.9 Å². The van der Waals surface area contributed by atoms with Gasteiger partial charge >= 0.3 is 7.12 Å². The van der Waals surface area contributed by atoms with Gasteiger partial charge in [-0.2, -0.15) is 0 Å². The van der Waals surface area contributed by atoms with E-state index in [4.69, 9.17) is 0 Å². The Morgan fingerprint density at radius 1 is 0.609 bits per heavy atom. The van der Waals surface area contributed by atoms with Crippen LogP contribution in [0.1, 0.15) is 0 Å². The smallest absolute Gasteiger partial charge is 0.423 e. The zero-order chi connectivity index (χ0) is 16.7. The highest BCUT2D eigenvalue weighted by Gasteiger charge is 2.14. The second-order valence-corrected chi connectivity index (χ2v) is 4.95. The predicted octanol–water partition coefficient (Wildman–Crippen LogP) is 2.28. The van der Waals surface area contributed by atoms with E-state index in [0.717, 1.165) is 22.3 Å². The average Bonchev–Trinajstić information content (AvgIpc) is 2.64. The minimum absolute atomic E-state index is 0.496. The molecule has 3 aromatic carbocycles. The molecule has 3 nitrogen and oxygen atoms in total. The normalized spacial score (nSPS) is 9.74. The molecule has 0 aliphatic carbocycles. The van der Waals surface area contributed by atoms with Crippen LogP contribution in [-0.4, -0.2) is 24.2 Å². The molecular formula is C19H20BNO2. The van der Waals surface area contributed by atoms with Gasteiger partial charge in [-0.25, -0.2) is 0 Å². The van der Waals surface area contributed by atoms with Crippen molar-refractivity contribution < 1.29 is 10.0 Å². The number of hydrogen-bond acceptors (Lipinski definition) is 3. The van der Waals surface area contributed by atoms with Crippen molar-refractivity contribution in [3.63, 3.8) is 0 Å². The Morgan fingerprint density at radius 2 is 1.00 bits per heavy atom. The molecule has 0 unspecified atom stereocenters. The second kappa shape index (κ2) is 8.29. The van der Waals surface area contributed by atoms with Crippen LogP contribution in [0.25, 0.3) is 22.3 Å². The van der Waals surface area contributed by atoms with Crippen molar-refractivity contribution in [2.45, 2.75) is 0 Å². The van der Waals surface area contributed by atoms with Crippen LogP contribution in [0, 0.1) is 0 Å². The van der Waals surface area contributed by atoms with E-state index in [-0.39, 0.29) is 0 Å². The molecule has 0 aromatic heterocycles. The summed E-state index contributed by atoms with van der Waals surface area (Å²) in [4.78, 5) is 0. The molecule has 0 spiro atoms. The lowest BCUT2D eigenvalue weighted by Crippen LogP contribution is -2.29. The van der Waals surface area contributed by atoms with Crippen LogP contribution in [0.2, 0.25) is 0 Å². The first-order valence-corrected chi connectivity index (χ1v) is 7.44. The lowest BCUT2D eigenvalue weighted by molar-refractivity contribution is 0.426. The van der Waals surface area contributed by atoms with Gasteiger partial charge in [0.1, 0.15) is 0 Å². The van der Waals surface area contributed by atoms with E-state index in [1.54, 1.807) is 0 Å². The van der Waals surface area contributed by atoms with Crippen LogP contribution in [-0.2, 0) is 0 Å². The van der Waals surface area contributed by atoms with Gasteiger partial charge in [-0.15, -0.1) is 0 Å². The van der Waals surface area contributed by atoms with E-state index in [2.05, 4.69) is 11.8 Å². The van der Waals surface area contributed by atoms with Gasteiger partial charge in [0.05, 0.1) is 0 Å². The van der Waals surface area contributed by atoms with E-state index in [9.17, 15) is 10.0 Å². The Balaban J connectivity index is 0.000000924. The van der Waals surface area contributed by atoms with Crippen LogP contribution in [0.5, 0.6) is 0 Å². The first kappa shape index (κ1) is 17.0. The van der Waals surface area contributed by atoms with Crippen molar-refractivity contribution in [1.82, 2.24) is 0 Å². The molecule has 0 bridgehead atoms. The van der Waals surface area contributed by atoms with Crippen LogP contribution >= 0.6 is 0 Å². The summed E-state index contributed by atoms with van der Waals surface area (Å²) in [5.41, 5.74) is 9.05. The van der Waals surface area contributed by atoms with Crippen molar-refractivity contribution >= 4 is 12.6 Å². The molecule has 23 heavy (non-hydrogen) atoms. The Morgan fingerprint density at radius 3 is 1.35 bits per heavy atom. The first-order valence-electron chi connectivity index (χ1n) is 7.44. The van der Waals surface area contributed by atoms with Crippen LogP contribution in [0.4, 0.5) is 0 Å². The minimum atomic E-state index is -1.48. The van der Waals surface area contributed by atoms with Crippen molar-refractivity contribution in [3.8, 4) is 22.3 Å². The second-order valence-electron chi connectivity index (χ2n) is 4.95. The number of hydrogen-bond donors (Lipinski definition) is 3. The summed E-state index contributed by atoms with van der Waals surface area (Å²) < 4.78 is 0. The molecule has 0 heterocycles. The standard InChI is InChI=1S/C18H15BO2.CH5N/c20-19(21)18-12-16(14-7-3-1-4-8-14)11-17(13-18)15-9-5-2-6-10-15;1-2/h1-13,20-21H;2H2,1H3. The summed E-state index contributed by atoms with van der Waals surface area (Å²) in [6.07, 6.45) is 0. The number of benzene rings is 3. The lowest BCUT2D eigenvalue weighted by Gasteiger charge is -2.10. The molecule has 0 aliphatic heterocycles. The lowest BCUT2D eigenvalue weighted by atomic mass is 9.77. The number of rotatable bonds is 3. The zero-order valence-electron chi connectivity index (χ0n) is 13.1. The Bertz CT molecular complexity index is 673. The molecule has 0 atom stereocenters. The van der Waals surface area contributed by atoms with Gasteiger partial charge in [0.15, 0.2) is 0 Å². The topological polar surface area (TPSA) is 66.5 Å². The fourth-order valence-corrected chi connectivity index (χ4v) is 2.40. The van der Waals surface area contributed by atoms with E-state index in [0.29, 0.717) is 5.46 Å². The summed E-state index contributed by atoms with van der Waals surface area (Å²) in [6.45, 7) is 0. The van der Waals surface area contributed by atoms with E-state index in [1.165, 1.54) is 7.05 Å². The summed E-state index contributed by atoms with van der Waals surface area (Å²) in [7, 11) is 0.0242. The molecule has 4 heteroatoms. The predicted molar refractivity (Wildman–Crippen MR) is 97.3 cm³/mol. The van der Waals surface area contributed by atoms with Gasteiger partial charge in [0.25, 0.3) is 0 Å². The molecule has 0 aliphatic rings. The minimum Gasteiger partial charge on any atom is -0.423 e. The van der Waals surface area contributed by atoms with Gasteiger partial charge in [0.2, 0.25) is 0 Å². The quantitative estimate of drug-likeness (QED) is 0.650. The van der Waals surface area contributed by atoms with E-state index < -0.39 is 7.12 Å². The summed E-state index contributed by atoms with van der Waals surface area (Å²) >= 11 is 0. The van der Waals surface area contributed by atoms with Gasteiger partial charge < -0.3 is 15.8 Å². The van der Waals surface area contributed by atoms with Crippen molar-refractivity contribution in [3.05, 3.63) is 78.9 Å². The molecule has 0 saturated heterocycles. The molecule has 3 aromatic rings. The maximum absolute atomic E-state index is 9.52. The fourth-order valence-electron chi connectivity index (χ4n) is 2.40. The van der Waals surface area contributed by atoms with Crippen LogP contribution < -0.4 is 11.2 Å². The Hall–Kier alpha value is -2.40. The molecule has 0 radical (unpaired) electrons. The molecular weight excluding hydrogens is 285 g/mol. The van der Waals surface area contributed by atoms with Gasteiger partial charge in [-0.1, -0.05) is 72.8 Å². The van der Waals surface area contributed by atoms with E-state index in [1.807, 2.05) is 72.8 Å². The molecule has 3 rings (SSSR count). The van der Waals surface area contributed by atoms with Gasteiger partial charge in [-0.05, 0) is 40.8 Å². The molecule has 116 valence electrons. The Kier molecular flexibility index (Phi) is 6.12. The third-order valence-corrected chi connectivity index (χ3v) is 3.47. The van der Waals surface area contributed by atoms with Gasteiger partial charge in [0, 0.05) is 0 Å². The highest BCUT2D eigenvalue weighted by atomic mass is 16.4. The maximum Gasteiger partial charge on any atom is 0.488 e. The largest absolute Gasteiger partial charge is 0.488 e. The summed E-state index contributed by atoms with van der Waals surface area (Å²) in [5.74, 6) is 0. The summed E-state index contributed by atoms with van der Waals surface area (Å²) in [6, 6.07) is 25.6. The molecule has 0 amide bonds. The number of nitrogens with two attached hydrogens (primary N) is 1. The third-order valence-electron chi connectivity index (χ3n) is 3.47. The first-order chi connectivity index (χ1) is 11.2. The molecule has 4 N–H and O–H groups in total. The maximum atomic E-state index is 9.52. The Labute approximate surface area is 137 Å². The summed E-state index contributed by atoms with van der Waals surface area (Å²) in [5, 5.41) is 19.0. The van der Waals surface area contributed by atoms with Crippen molar-refractivity contribution in [2.24, 2.45) is 5.73 Å². The molecule has 0 saturated carbocycles. The average molecular weight is 305 g/mol. The van der Waals surface area contributed by atoms with Crippen LogP contribution in [0.3, 0.4) is 0 Å². The van der Waals surface area contributed by atoms with Crippen molar-refractivity contribution in [2.75, 3.05) is 7.05 Å².